The smallest absolute Gasteiger partial charge is 0.346 e. The highest BCUT2D eigenvalue weighted by Gasteiger charge is 2.33. The van der Waals surface area contributed by atoms with Gasteiger partial charge in [0.15, 0.2) is 0 Å². The van der Waals surface area contributed by atoms with Gasteiger partial charge in [-0.2, -0.15) is 17.5 Å². The maximum atomic E-state index is 13.8. The van der Waals surface area contributed by atoms with Crippen molar-refractivity contribution in [3.8, 4) is 0 Å². The number of alkyl halides is 3. The van der Waals surface area contributed by atoms with E-state index >= 15 is 0 Å². The first-order valence-electron chi connectivity index (χ1n) is 12.2. The molecule has 0 radical (unpaired) electrons. The van der Waals surface area contributed by atoms with E-state index in [1.54, 1.807) is 41.1 Å². The lowest BCUT2D eigenvalue weighted by molar-refractivity contribution is -0.137. The fourth-order valence-corrected chi connectivity index (χ4v) is 6.43. The van der Waals surface area contributed by atoms with E-state index in [1.165, 1.54) is 29.4 Å². The Labute approximate surface area is 215 Å². The molecule has 0 atom stereocenters. The van der Waals surface area contributed by atoms with Crippen molar-refractivity contribution in [1.29, 1.82) is 0 Å². The number of nitrogens with one attached hydrogen (secondary N) is 1. The average molecular weight is 534 g/mol. The van der Waals surface area contributed by atoms with Crippen molar-refractivity contribution < 1.29 is 26.4 Å². The Hall–Kier alpha value is -3.11. The third-order valence-corrected chi connectivity index (χ3v) is 8.52. The number of carbonyl (C=O) groups excluding carboxylic acids is 1. The van der Waals surface area contributed by atoms with Crippen molar-refractivity contribution in [3.63, 3.8) is 0 Å². The number of aromatic nitrogens is 1. The maximum absolute atomic E-state index is 13.8. The Bertz CT molecular complexity index is 1330. The quantitative estimate of drug-likeness (QED) is 0.384. The largest absolute Gasteiger partial charge is 0.416 e. The molecule has 0 spiro atoms. The number of rotatable bonds is 8. The van der Waals surface area contributed by atoms with Gasteiger partial charge in [0.05, 0.1) is 17.0 Å². The third-order valence-electron chi connectivity index (χ3n) is 6.61. The first-order chi connectivity index (χ1) is 17.5. The first-order valence-corrected chi connectivity index (χ1v) is 13.7. The van der Waals surface area contributed by atoms with Crippen LogP contribution in [-0.4, -0.2) is 29.2 Å². The van der Waals surface area contributed by atoms with Gasteiger partial charge < -0.3 is 9.88 Å². The number of halogens is 3. The normalized spacial score (nSPS) is 15.2. The van der Waals surface area contributed by atoms with Crippen molar-refractivity contribution in [2.24, 2.45) is 0 Å². The molecule has 198 valence electrons. The summed E-state index contributed by atoms with van der Waals surface area (Å²) in [7, 11) is -3.88. The highest BCUT2D eigenvalue weighted by Crippen LogP contribution is 2.31. The Kier molecular flexibility index (Phi) is 8.08. The Morgan fingerprint density at radius 3 is 2.38 bits per heavy atom. The van der Waals surface area contributed by atoms with Crippen LogP contribution in [0.25, 0.3) is 0 Å². The topological polar surface area (TPSA) is 71.4 Å². The van der Waals surface area contributed by atoms with Crippen molar-refractivity contribution in [1.82, 2.24) is 8.87 Å². The zero-order valence-corrected chi connectivity index (χ0v) is 21.4. The van der Waals surface area contributed by atoms with E-state index in [0.29, 0.717) is 16.9 Å². The highest BCUT2D eigenvalue weighted by molar-refractivity contribution is 7.89. The first kappa shape index (κ1) is 26.9. The molecule has 1 aliphatic carbocycles. The number of nitrogens with zero attached hydrogens (tertiary/aromatic N) is 2. The van der Waals surface area contributed by atoms with Gasteiger partial charge in [-0.25, -0.2) is 8.42 Å². The maximum Gasteiger partial charge on any atom is 0.416 e. The molecule has 1 heterocycles. The summed E-state index contributed by atoms with van der Waals surface area (Å²) in [5, 5.41) is 2.64. The van der Waals surface area contributed by atoms with E-state index < -0.39 is 21.8 Å². The Morgan fingerprint density at radius 1 is 1.03 bits per heavy atom. The molecule has 4 rings (SSSR count). The van der Waals surface area contributed by atoms with Crippen LogP contribution in [0.4, 0.5) is 18.9 Å². The minimum Gasteiger partial charge on any atom is -0.346 e. The molecule has 37 heavy (non-hydrogen) atoms. The van der Waals surface area contributed by atoms with E-state index in [1.807, 2.05) is 0 Å². The molecule has 2 aromatic carbocycles. The zero-order chi connectivity index (χ0) is 26.6. The van der Waals surface area contributed by atoms with Crippen molar-refractivity contribution >= 4 is 21.6 Å². The highest BCUT2D eigenvalue weighted by atomic mass is 32.2. The number of carbonyl (C=O) groups is 1. The lowest BCUT2D eigenvalue weighted by Crippen LogP contribution is -2.41. The van der Waals surface area contributed by atoms with Crippen LogP contribution in [0.1, 0.15) is 55.8 Å². The molecule has 3 aromatic rings. The molecular formula is C27H30F3N3O3S. The van der Waals surface area contributed by atoms with Gasteiger partial charge >= 0.3 is 6.18 Å². The molecule has 0 bridgehead atoms. The second-order valence-corrected chi connectivity index (χ2v) is 11.3. The number of hydrogen-bond acceptors (Lipinski definition) is 3. The summed E-state index contributed by atoms with van der Waals surface area (Å²) in [5.74, 6) is -0.249. The number of anilines is 1. The van der Waals surface area contributed by atoms with Crippen LogP contribution in [0.5, 0.6) is 0 Å². The van der Waals surface area contributed by atoms with Crippen molar-refractivity contribution in [2.75, 3.05) is 5.32 Å². The van der Waals surface area contributed by atoms with E-state index in [2.05, 4.69) is 5.32 Å². The lowest BCUT2D eigenvalue weighted by Gasteiger charge is -2.33. The summed E-state index contributed by atoms with van der Waals surface area (Å²) < 4.78 is 70.5. The second kappa shape index (κ2) is 11.1. The van der Waals surface area contributed by atoms with Crippen LogP contribution in [-0.2, 0) is 34.1 Å². The molecule has 0 unspecified atom stereocenters. The zero-order valence-electron chi connectivity index (χ0n) is 20.5. The van der Waals surface area contributed by atoms with Crippen molar-refractivity contribution in [3.05, 3.63) is 83.7 Å². The number of sulfonamides is 1. The van der Waals surface area contributed by atoms with Gasteiger partial charge in [-0.15, -0.1) is 0 Å². The van der Waals surface area contributed by atoms with Gasteiger partial charge in [-0.3, -0.25) is 4.79 Å². The van der Waals surface area contributed by atoms with Gasteiger partial charge in [-0.05, 0) is 66.9 Å². The van der Waals surface area contributed by atoms with Gasteiger partial charge in [0.2, 0.25) is 15.9 Å². The molecule has 1 saturated carbocycles. The third kappa shape index (κ3) is 6.61. The predicted molar refractivity (Wildman–Crippen MR) is 135 cm³/mol. The fraction of sp³-hybridized carbons (Fsp3) is 0.370. The van der Waals surface area contributed by atoms with E-state index in [4.69, 9.17) is 0 Å². The summed E-state index contributed by atoms with van der Waals surface area (Å²) in [4.78, 5) is 11.5. The van der Waals surface area contributed by atoms with Crippen LogP contribution >= 0.6 is 0 Å². The summed E-state index contributed by atoms with van der Waals surface area (Å²) in [6.45, 7) is 1.67. The van der Waals surface area contributed by atoms with Crippen LogP contribution in [0.15, 0.2) is 71.8 Å². The molecule has 1 aromatic heterocycles. The van der Waals surface area contributed by atoms with Crippen LogP contribution < -0.4 is 5.32 Å². The van der Waals surface area contributed by atoms with Gasteiger partial charge in [-0.1, -0.05) is 31.4 Å². The fourth-order valence-electron chi connectivity index (χ4n) is 4.78. The standard InChI is InChI=1S/C27H30F3N3O3S/c1-20(34)31-23-12-14-26(15-13-23)37(35,36)33(24-9-3-2-4-10-24)19-25-11-6-16-32(25)18-21-7-5-8-22(17-21)27(28,29)30/h5-8,11-17,24H,2-4,9-10,18-19H2,1H3,(H,31,34). The molecule has 1 aliphatic rings. The summed E-state index contributed by atoms with van der Waals surface area (Å²) in [6, 6.07) is 14.7. The SMILES string of the molecule is CC(=O)Nc1ccc(S(=O)(=O)N(Cc2cccn2Cc2cccc(C(F)(F)F)c2)C2CCCCC2)cc1. The van der Waals surface area contributed by atoms with Crippen molar-refractivity contribution in [2.45, 2.75) is 69.2 Å². The molecule has 1 fully saturated rings. The number of amides is 1. The molecule has 6 nitrogen and oxygen atoms in total. The lowest BCUT2D eigenvalue weighted by atomic mass is 9.95. The van der Waals surface area contributed by atoms with E-state index in [9.17, 15) is 26.4 Å². The number of benzene rings is 2. The molecule has 1 N–H and O–H groups in total. The van der Waals surface area contributed by atoms with E-state index in [0.717, 1.165) is 44.2 Å². The van der Waals surface area contributed by atoms with Crippen LogP contribution in [0.3, 0.4) is 0 Å². The molecular weight excluding hydrogens is 503 g/mol. The Morgan fingerprint density at radius 2 is 1.73 bits per heavy atom. The molecule has 0 saturated heterocycles. The monoisotopic (exact) mass is 533 g/mol. The van der Waals surface area contributed by atoms with E-state index in [-0.39, 0.29) is 29.9 Å². The van der Waals surface area contributed by atoms with Crippen LogP contribution in [0, 0.1) is 0 Å². The summed E-state index contributed by atoms with van der Waals surface area (Å²) >= 11 is 0. The average Bonchev–Trinajstić information content (AvgIpc) is 3.29. The van der Waals surface area contributed by atoms with Gasteiger partial charge in [0.1, 0.15) is 0 Å². The Balaban J connectivity index is 1.62. The molecule has 1 amide bonds. The molecule has 0 aliphatic heterocycles. The molecule has 10 heteroatoms. The number of hydrogen-bond donors (Lipinski definition) is 1. The minimum atomic E-state index is -4.43. The van der Waals surface area contributed by atoms with Gasteiger partial charge in [0, 0.05) is 37.1 Å². The minimum absolute atomic E-state index is 0.104. The summed E-state index contributed by atoms with van der Waals surface area (Å²) in [6.07, 6.45) is 1.74. The van der Waals surface area contributed by atoms with Crippen LogP contribution in [0.2, 0.25) is 0 Å². The predicted octanol–water partition coefficient (Wildman–Crippen LogP) is 6.04. The van der Waals surface area contributed by atoms with Gasteiger partial charge in [0.25, 0.3) is 0 Å². The second-order valence-electron chi connectivity index (χ2n) is 9.37. The summed E-state index contributed by atoms with van der Waals surface area (Å²) in [5.41, 5.74) is 0.966.